The Labute approximate surface area is 119 Å². The molecule has 2 heterocycles. The summed E-state index contributed by atoms with van der Waals surface area (Å²) in [6, 6.07) is 7.73. The molecule has 2 aromatic rings. The molecule has 0 aliphatic carbocycles. The van der Waals surface area contributed by atoms with Crippen LogP contribution in [0.3, 0.4) is 0 Å². The number of nitrogens with one attached hydrogen (secondary N) is 2. The summed E-state index contributed by atoms with van der Waals surface area (Å²) in [5, 5.41) is 5.69. The summed E-state index contributed by atoms with van der Waals surface area (Å²) in [4.78, 5) is 11.7. The number of hydrogen-bond donors (Lipinski definition) is 2. The minimum atomic E-state index is -0.166. The fourth-order valence-corrected chi connectivity index (χ4v) is 2.05. The highest BCUT2D eigenvalue weighted by atomic mass is 16.3. The van der Waals surface area contributed by atoms with Crippen molar-refractivity contribution in [2.75, 3.05) is 0 Å². The quantitative estimate of drug-likeness (QED) is 0.850. The Morgan fingerprint density at radius 3 is 2.90 bits per heavy atom. The third kappa shape index (κ3) is 4.19. The molecule has 0 saturated heterocycles. The SMILES string of the molecule is C[C@H](CCc1cccn1C)NC(=O)NCc1ccco1. The number of rotatable bonds is 6. The molecule has 0 aliphatic heterocycles. The molecule has 1 atom stereocenters. The van der Waals surface area contributed by atoms with E-state index in [-0.39, 0.29) is 12.1 Å². The summed E-state index contributed by atoms with van der Waals surface area (Å²) in [6.45, 7) is 2.42. The second-order valence-corrected chi connectivity index (χ2v) is 4.96. The molecular formula is C15H21N3O2. The zero-order valence-corrected chi connectivity index (χ0v) is 11.9. The van der Waals surface area contributed by atoms with Crippen LogP contribution in [0.25, 0.3) is 0 Å². The molecule has 20 heavy (non-hydrogen) atoms. The first-order valence-electron chi connectivity index (χ1n) is 6.82. The van der Waals surface area contributed by atoms with Crippen molar-refractivity contribution in [3.63, 3.8) is 0 Å². The van der Waals surface area contributed by atoms with Crippen molar-refractivity contribution in [1.82, 2.24) is 15.2 Å². The van der Waals surface area contributed by atoms with E-state index >= 15 is 0 Å². The lowest BCUT2D eigenvalue weighted by molar-refractivity contribution is 0.236. The number of amides is 2. The van der Waals surface area contributed by atoms with Gasteiger partial charge < -0.3 is 19.6 Å². The third-order valence-electron chi connectivity index (χ3n) is 3.27. The van der Waals surface area contributed by atoms with Crippen molar-refractivity contribution in [3.05, 3.63) is 48.2 Å². The maximum absolute atomic E-state index is 11.7. The van der Waals surface area contributed by atoms with Gasteiger partial charge in [-0.15, -0.1) is 0 Å². The van der Waals surface area contributed by atoms with Crippen LogP contribution in [-0.2, 0) is 20.0 Å². The number of urea groups is 1. The summed E-state index contributed by atoms with van der Waals surface area (Å²) in [5.74, 6) is 0.747. The first-order valence-corrected chi connectivity index (χ1v) is 6.82. The summed E-state index contributed by atoms with van der Waals surface area (Å²) >= 11 is 0. The number of aromatic nitrogens is 1. The zero-order valence-electron chi connectivity index (χ0n) is 11.9. The van der Waals surface area contributed by atoms with Gasteiger partial charge in [0.15, 0.2) is 0 Å². The first kappa shape index (κ1) is 14.2. The highest BCUT2D eigenvalue weighted by Gasteiger charge is 2.08. The van der Waals surface area contributed by atoms with Crippen LogP contribution in [-0.4, -0.2) is 16.6 Å². The van der Waals surface area contributed by atoms with E-state index in [4.69, 9.17) is 4.42 Å². The van der Waals surface area contributed by atoms with Crippen LogP contribution in [0, 0.1) is 0 Å². The number of hydrogen-bond acceptors (Lipinski definition) is 2. The molecule has 0 aromatic carbocycles. The maximum atomic E-state index is 11.7. The van der Waals surface area contributed by atoms with Crippen molar-refractivity contribution < 1.29 is 9.21 Å². The normalized spacial score (nSPS) is 12.1. The van der Waals surface area contributed by atoms with Gasteiger partial charge in [-0.2, -0.15) is 0 Å². The molecule has 5 nitrogen and oxygen atoms in total. The van der Waals surface area contributed by atoms with Gasteiger partial charge in [0.25, 0.3) is 0 Å². The number of nitrogens with zero attached hydrogens (tertiary/aromatic N) is 1. The predicted octanol–water partition coefficient (Wildman–Crippen LogP) is 2.44. The zero-order chi connectivity index (χ0) is 14.4. The van der Waals surface area contributed by atoms with Gasteiger partial charge in [0.1, 0.15) is 5.76 Å². The first-order chi connectivity index (χ1) is 9.65. The van der Waals surface area contributed by atoms with E-state index in [9.17, 15) is 4.79 Å². The van der Waals surface area contributed by atoms with Gasteiger partial charge in [0, 0.05) is 25.0 Å². The van der Waals surface area contributed by atoms with E-state index in [1.165, 1.54) is 5.69 Å². The lowest BCUT2D eigenvalue weighted by Crippen LogP contribution is -2.40. The van der Waals surface area contributed by atoms with E-state index in [1.807, 2.05) is 32.3 Å². The Morgan fingerprint density at radius 2 is 2.25 bits per heavy atom. The second kappa shape index (κ2) is 6.84. The van der Waals surface area contributed by atoms with Crippen molar-refractivity contribution in [2.45, 2.75) is 32.4 Å². The second-order valence-electron chi connectivity index (χ2n) is 4.96. The fraction of sp³-hybridized carbons (Fsp3) is 0.400. The Morgan fingerprint density at radius 1 is 1.40 bits per heavy atom. The van der Waals surface area contributed by atoms with E-state index in [0.717, 1.165) is 18.6 Å². The van der Waals surface area contributed by atoms with Crippen LogP contribution in [0.15, 0.2) is 41.1 Å². The van der Waals surface area contributed by atoms with Crippen LogP contribution in [0.1, 0.15) is 24.8 Å². The van der Waals surface area contributed by atoms with Crippen LogP contribution in [0.4, 0.5) is 4.79 Å². The average Bonchev–Trinajstić information content (AvgIpc) is 3.05. The minimum absolute atomic E-state index is 0.126. The van der Waals surface area contributed by atoms with Crippen LogP contribution >= 0.6 is 0 Å². The molecule has 2 amide bonds. The molecule has 0 radical (unpaired) electrons. The highest BCUT2D eigenvalue weighted by Crippen LogP contribution is 2.05. The number of carbonyl (C=O) groups is 1. The van der Waals surface area contributed by atoms with Crippen LogP contribution in [0.5, 0.6) is 0 Å². The standard InChI is InChI=1S/C15H21N3O2/c1-12(7-8-13-5-3-9-18(13)2)17-15(19)16-11-14-6-4-10-20-14/h3-6,9-10,12H,7-8,11H2,1-2H3,(H2,16,17,19)/t12-/m1/s1. The van der Waals surface area contributed by atoms with Crippen molar-refractivity contribution >= 4 is 6.03 Å². The van der Waals surface area contributed by atoms with E-state index in [2.05, 4.69) is 21.3 Å². The highest BCUT2D eigenvalue weighted by molar-refractivity contribution is 5.74. The average molecular weight is 275 g/mol. The molecule has 2 rings (SSSR count). The van der Waals surface area contributed by atoms with Gasteiger partial charge in [-0.05, 0) is 44.0 Å². The topological polar surface area (TPSA) is 59.2 Å². The molecule has 0 aliphatic rings. The molecule has 0 unspecified atom stereocenters. The third-order valence-corrected chi connectivity index (χ3v) is 3.27. The van der Waals surface area contributed by atoms with Crippen molar-refractivity contribution in [2.24, 2.45) is 7.05 Å². The maximum Gasteiger partial charge on any atom is 0.315 e. The van der Waals surface area contributed by atoms with Crippen molar-refractivity contribution in [1.29, 1.82) is 0 Å². The van der Waals surface area contributed by atoms with Gasteiger partial charge in [0.2, 0.25) is 0 Å². The Bertz CT molecular complexity index is 531. The summed E-state index contributed by atoms with van der Waals surface area (Å²) < 4.78 is 7.25. The van der Waals surface area contributed by atoms with E-state index in [1.54, 1.807) is 12.3 Å². The van der Waals surface area contributed by atoms with E-state index in [0.29, 0.717) is 6.54 Å². The Hall–Kier alpha value is -2.17. The minimum Gasteiger partial charge on any atom is -0.467 e. The number of furan rings is 1. The van der Waals surface area contributed by atoms with Gasteiger partial charge in [0.05, 0.1) is 12.8 Å². The predicted molar refractivity (Wildman–Crippen MR) is 77.3 cm³/mol. The van der Waals surface area contributed by atoms with Gasteiger partial charge in [-0.3, -0.25) is 0 Å². The fourth-order valence-electron chi connectivity index (χ4n) is 2.05. The molecule has 0 spiro atoms. The van der Waals surface area contributed by atoms with Crippen LogP contribution < -0.4 is 10.6 Å². The molecule has 108 valence electrons. The molecular weight excluding hydrogens is 254 g/mol. The number of aryl methyl sites for hydroxylation is 2. The van der Waals surface area contributed by atoms with Gasteiger partial charge in [-0.1, -0.05) is 0 Å². The van der Waals surface area contributed by atoms with Crippen LogP contribution in [0.2, 0.25) is 0 Å². The molecule has 0 bridgehead atoms. The van der Waals surface area contributed by atoms with Gasteiger partial charge >= 0.3 is 6.03 Å². The molecule has 0 saturated carbocycles. The molecule has 2 N–H and O–H groups in total. The van der Waals surface area contributed by atoms with Gasteiger partial charge in [-0.25, -0.2) is 4.79 Å². The summed E-state index contributed by atoms with van der Waals surface area (Å²) in [7, 11) is 2.03. The Balaban J connectivity index is 1.67. The molecule has 2 aromatic heterocycles. The summed E-state index contributed by atoms with van der Waals surface area (Å²) in [6.07, 6.45) is 5.48. The van der Waals surface area contributed by atoms with E-state index < -0.39 is 0 Å². The lowest BCUT2D eigenvalue weighted by Gasteiger charge is -2.14. The summed E-state index contributed by atoms with van der Waals surface area (Å²) in [5.41, 5.74) is 1.27. The largest absolute Gasteiger partial charge is 0.467 e. The Kier molecular flexibility index (Phi) is 4.87. The monoisotopic (exact) mass is 275 g/mol. The smallest absolute Gasteiger partial charge is 0.315 e. The van der Waals surface area contributed by atoms with Crippen molar-refractivity contribution in [3.8, 4) is 0 Å². The number of carbonyl (C=O) groups excluding carboxylic acids is 1. The molecule has 0 fully saturated rings. The lowest BCUT2D eigenvalue weighted by atomic mass is 10.1. The molecule has 5 heteroatoms.